The first-order valence-corrected chi connectivity index (χ1v) is 8.04. The van der Waals surface area contributed by atoms with Gasteiger partial charge in [-0.3, -0.25) is 9.48 Å². The second-order valence-electron chi connectivity index (χ2n) is 6.46. The lowest BCUT2D eigenvalue weighted by Crippen LogP contribution is -2.51. The summed E-state index contributed by atoms with van der Waals surface area (Å²) in [6.07, 6.45) is 4.09. The zero-order chi connectivity index (χ0) is 16.3. The first-order valence-electron chi connectivity index (χ1n) is 8.04. The topological polar surface area (TPSA) is 59.4 Å². The average Bonchev–Trinajstić information content (AvgIpc) is 2.89. The van der Waals surface area contributed by atoms with E-state index in [0.29, 0.717) is 19.6 Å². The fourth-order valence-electron chi connectivity index (χ4n) is 2.80. The lowest BCUT2D eigenvalue weighted by molar-refractivity contribution is -0.142. The molecule has 1 aromatic rings. The Kier molecular flexibility index (Phi) is 5.58. The van der Waals surface area contributed by atoms with Crippen LogP contribution in [0.25, 0.3) is 0 Å². The zero-order valence-electron chi connectivity index (χ0n) is 14.2. The molecule has 0 saturated carbocycles. The van der Waals surface area contributed by atoms with Gasteiger partial charge < -0.3 is 15.0 Å². The van der Waals surface area contributed by atoms with Crippen molar-refractivity contribution < 1.29 is 9.53 Å². The molecule has 1 aliphatic rings. The maximum Gasteiger partial charge on any atom is 0.236 e. The maximum atomic E-state index is 12.3. The average molecular weight is 308 g/mol. The lowest BCUT2D eigenvalue weighted by Gasteiger charge is -2.35. The number of aromatic nitrogens is 2. The van der Waals surface area contributed by atoms with E-state index < -0.39 is 0 Å². The molecule has 1 aromatic heterocycles. The number of amides is 1. The van der Waals surface area contributed by atoms with Gasteiger partial charge in [0.1, 0.15) is 0 Å². The number of aryl methyl sites for hydroxylation is 1. The van der Waals surface area contributed by atoms with Crippen molar-refractivity contribution in [2.24, 2.45) is 0 Å². The first kappa shape index (κ1) is 17.0. The molecule has 0 radical (unpaired) electrons. The van der Waals surface area contributed by atoms with Crippen molar-refractivity contribution in [3.05, 3.63) is 18.0 Å². The van der Waals surface area contributed by atoms with Crippen LogP contribution < -0.4 is 5.32 Å². The summed E-state index contributed by atoms with van der Waals surface area (Å²) in [7, 11) is 0. The van der Waals surface area contributed by atoms with Crippen molar-refractivity contribution in [3.8, 4) is 0 Å². The third-order valence-electron chi connectivity index (χ3n) is 4.22. The Labute approximate surface area is 132 Å². The van der Waals surface area contributed by atoms with Crippen LogP contribution in [0.2, 0.25) is 0 Å². The standard InChI is InChI=1S/C16H28N4O2/c1-11-6-18-20(8-11)15(5)14(4)17-7-16(21)19-9-12(2)22-13(3)10-19/h6,8,12-15,17H,7,9-10H2,1-5H3/t12-,13+,14-,15-/m1/s1. The molecule has 2 rings (SSSR count). The summed E-state index contributed by atoms with van der Waals surface area (Å²) in [5.41, 5.74) is 1.14. The molecule has 0 aliphatic carbocycles. The van der Waals surface area contributed by atoms with E-state index in [0.717, 1.165) is 5.56 Å². The predicted octanol–water partition coefficient (Wildman–Crippen LogP) is 1.37. The molecule has 1 amide bonds. The van der Waals surface area contributed by atoms with Crippen LogP contribution in [0.3, 0.4) is 0 Å². The second-order valence-corrected chi connectivity index (χ2v) is 6.46. The summed E-state index contributed by atoms with van der Waals surface area (Å²) < 4.78 is 7.61. The Morgan fingerprint density at radius 3 is 2.59 bits per heavy atom. The fourth-order valence-corrected chi connectivity index (χ4v) is 2.80. The monoisotopic (exact) mass is 308 g/mol. The van der Waals surface area contributed by atoms with E-state index in [9.17, 15) is 4.79 Å². The molecule has 124 valence electrons. The van der Waals surface area contributed by atoms with E-state index in [1.165, 1.54) is 0 Å². The predicted molar refractivity (Wildman–Crippen MR) is 85.7 cm³/mol. The van der Waals surface area contributed by atoms with Crippen LogP contribution in [0.15, 0.2) is 12.4 Å². The van der Waals surface area contributed by atoms with E-state index in [4.69, 9.17) is 4.74 Å². The number of hydrogen-bond acceptors (Lipinski definition) is 4. The van der Waals surface area contributed by atoms with Crippen molar-refractivity contribution in [1.82, 2.24) is 20.0 Å². The Hall–Kier alpha value is -1.40. The highest BCUT2D eigenvalue weighted by atomic mass is 16.5. The Bertz CT molecular complexity index is 492. The largest absolute Gasteiger partial charge is 0.372 e. The number of carbonyl (C=O) groups is 1. The van der Waals surface area contributed by atoms with Crippen LogP contribution in [0, 0.1) is 6.92 Å². The summed E-state index contributed by atoms with van der Waals surface area (Å²) in [6, 6.07) is 0.364. The Morgan fingerprint density at radius 2 is 2.05 bits per heavy atom. The van der Waals surface area contributed by atoms with Crippen molar-refractivity contribution in [3.63, 3.8) is 0 Å². The van der Waals surface area contributed by atoms with Crippen molar-refractivity contribution in [2.45, 2.75) is 58.9 Å². The van der Waals surface area contributed by atoms with Gasteiger partial charge in [-0.2, -0.15) is 5.10 Å². The van der Waals surface area contributed by atoms with Crippen molar-refractivity contribution in [2.75, 3.05) is 19.6 Å². The Morgan fingerprint density at radius 1 is 1.41 bits per heavy atom. The van der Waals surface area contributed by atoms with E-state index in [2.05, 4.69) is 24.3 Å². The molecule has 1 saturated heterocycles. The summed E-state index contributed by atoms with van der Waals surface area (Å²) >= 11 is 0. The van der Waals surface area contributed by atoms with Crippen LogP contribution in [0.1, 0.15) is 39.3 Å². The zero-order valence-corrected chi connectivity index (χ0v) is 14.2. The molecule has 1 fully saturated rings. The van der Waals surface area contributed by atoms with Gasteiger partial charge in [-0.1, -0.05) is 0 Å². The molecule has 0 unspecified atom stereocenters. The van der Waals surface area contributed by atoms with Gasteiger partial charge in [0.25, 0.3) is 0 Å². The summed E-state index contributed by atoms with van der Waals surface area (Å²) in [4.78, 5) is 14.2. The van der Waals surface area contributed by atoms with Gasteiger partial charge >= 0.3 is 0 Å². The van der Waals surface area contributed by atoms with Gasteiger partial charge in [0, 0.05) is 25.3 Å². The molecule has 1 N–H and O–H groups in total. The number of ether oxygens (including phenoxy) is 1. The minimum atomic E-state index is 0.107. The first-order chi connectivity index (χ1) is 10.4. The SMILES string of the molecule is Cc1cnn([C@H](C)[C@@H](C)NCC(=O)N2C[C@@H](C)O[C@@H](C)C2)c1. The third kappa shape index (κ3) is 4.30. The van der Waals surface area contributed by atoms with Crippen LogP contribution in [-0.2, 0) is 9.53 Å². The molecule has 0 spiro atoms. The summed E-state index contributed by atoms with van der Waals surface area (Å²) in [5, 5.41) is 7.66. The number of nitrogens with one attached hydrogen (secondary N) is 1. The molecule has 22 heavy (non-hydrogen) atoms. The smallest absolute Gasteiger partial charge is 0.236 e. The van der Waals surface area contributed by atoms with Gasteiger partial charge in [0.2, 0.25) is 5.91 Å². The number of rotatable bonds is 5. The van der Waals surface area contributed by atoms with E-state index in [-0.39, 0.29) is 30.2 Å². The quantitative estimate of drug-likeness (QED) is 0.892. The minimum absolute atomic E-state index is 0.107. The van der Waals surface area contributed by atoms with Crippen molar-refractivity contribution in [1.29, 1.82) is 0 Å². The van der Waals surface area contributed by atoms with Gasteiger partial charge in [-0.05, 0) is 40.2 Å². The molecule has 6 nitrogen and oxygen atoms in total. The van der Waals surface area contributed by atoms with Gasteiger partial charge in [-0.15, -0.1) is 0 Å². The molecular weight excluding hydrogens is 280 g/mol. The number of morpholine rings is 1. The fraction of sp³-hybridized carbons (Fsp3) is 0.750. The van der Waals surface area contributed by atoms with Gasteiger partial charge in [0.05, 0.1) is 31.0 Å². The summed E-state index contributed by atoms with van der Waals surface area (Å²) in [5.74, 6) is 0.137. The summed E-state index contributed by atoms with van der Waals surface area (Å²) in [6.45, 7) is 11.9. The van der Waals surface area contributed by atoms with E-state index in [1.54, 1.807) is 0 Å². The van der Waals surface area contributed by atoms with E-state index in [1.807, 2.05) is 42.7 Å². The molecule has 0 aromatic carbocycles. The molecule has 4 atom stereocenters. The molecule has 2 heterocycles. The molecular formula is C16H28N4O2. The van der Waals surface area contributed by atoms with Crippen LogP contribution >= 0.6 is 0 Å². The minimum Gasteiger partial charge on any atom is -0.372 e. The van der Waals surface area contributed by atoms with Crippen LogP contribution in [-0.4, -0.2) is 58.5 Å². The molecule has 0 bridgehead atoms. The number of carbonyl (C=O) groups excluding carboxylic acids is 1. The highest BCUT2D eigenvalue weighted by Crippen LogP contribution is 2.12. The maximum absolute atomic E-state index is 12.3. The highest BCUT2D eigenvalue weighted by Gasteiger charge is 2.26. The van der Waals surface area contributed by atoms with Gasteiger partial charge in [0.15, 0.2) is 0 Å². The number of nitrogens with zero attached hydrogens (tertiary/aromatic N) is 3. The Balaban J connectivity index is 1.82. The normalized spacial score (nSPS) is 25.0. The van der Waals surface area contributed by atoms with Crippen molar-refractivity contribution >= 4 is 5.91 Å². The molecule has 6 heteroatoms. The van der Waals surface area contributed by atoms with Crippen LogP contribution in [0.4, 0.5) is 0 Å². The van der Waals surface area contributed by atoms with Gasteiger partial charge in [-0.25, -0.2) is 0 Å². The lowest BCUT2D eigenvalue weighted by atomic mass is 10.1. The highest BCUT2D eigenvalue weighted by molar-refractivity contribution is 5.78. The van der Waals surface area contributed by atoms with E-state index >= 15 is 0 Å². The second kappa shape index (κ2) is 7.24. The van der Waals surface area contributed by atoms with Crippen LogP contribution in [0.5, 0.6) is 0 Å². The number of hydrogen-bond donors (Lipinski definition) is 1. The third-order valence-corrected chi connectivity index (χ3v) is 4.22. The molecule has 1 aliphatic heterocycles.